The standard InChI is InChI=1S/C20H21N2O4.BrH/c1-2-24-19(23)14-22-9-5-7-16(13-22)20(25-10-11-26-20)18-12-15-6-3-4-8-17(15)21-18;/h3-9,12-13,21H,2,10-11,14H2,1H3;1H/q+1;/p-1. The van der Waals surface area contributed by atoms with Crippen molar-refractivity contribution in [1.29, 1.82) is 0 Å². The molecular formula is C20H21BrN2O4. The highest BCUT2D eigenvalue weighted by atomic mass is 79.9. The Bertz CT molecular complexity index is 901. The van der Waals surface area contributed by atoms with E-state index in [1.54, 1.807) is 11.5 Å². The number of H-pyrrole nitrogens is 1. The van der Waals surface area contributed by atoms with Crippen LogP contribution in [0, 0.1) is 0 Å². The van der Waals surface area contributed by atoms with Crippen molar-refractivity contribution in [3.63, 3.8) is 0 Å². The van der Waals surface area contributed by atoms with Gasteiger partial charge in [0, 0.05) is 11.6 Å². The maximum atomic E-state index is 11.8. The third-order valence-electron chi connectivity index (χ3n) is 4.43. The molecule has 1 saturated heterocycles. The van der Waals surface area contributed by atoms with Gasteiger partial charge in [0.05, 0.1) is 31.1 Å². The minimum Gasteiger partial charge on any atom is -1.00 e. The summed E-state index contributed by atoms with van der Waals surface area (Å²) in [6, 6.07) is 13.9. The summed E-state index contributed by atoms with van der Waals surface area (Å²) in [7, 11) is 0. The molecule has 0 amide bonds. The van der Waals surface area contributed by atoms with Gasteiger partial charge in [-0.2, -0.15) is 4.57 Å². The number of rotatable bonds is 5. The summed E-state index contributed by atoms with van der Waals surface area (Å²) in [5, 5.41) is 1.09. The van der Waals surface area contributed by atoms with Crippen LogP contribution in [0.15, 0.2) is 54.9 Å². The molecule has 2 aromatic heterocycles. The van der Waals surface area contributed by atoms with Crippen LogP contribution < -0.4 is 21.5 Å². The van der Waals surface area contributed by atoms with Gasteiger partial charge in [-0.25, -0.2) is 4.79 Å². The van der Waals surface area contributed by atoms with Gasteiger partial charge in [0.25, 0.3) is 0 Å². The van der Waals surface area contributed by atoms with Gasteiger partial charge in [0.15, 0.2) is 12.4 Å². The molecule has 0 radical (unpaired) electrons. The fourth-order valence-corrected chi connectivity index (χ4v) is 3.31. The highest BCUT2D eigenvalue weighted by molar-refractivity contribution is 5.80. The molecule has 6 nitrogen and oxygen atoms in total. The van der Waals surface area contributed by atoms with Crippen molar-refractivity contribution in [3.8, 4) is 0 Å². The molecule has 4 rings (SSSR count). The highest BCUT2D eigenvalue weighted by Crippen LogP contribution is 2.38. The number of pyridine rings is 1. The number of hydrogen-bond acceptors (Lipinski definition) is 4. The van der Waals surface area contributed by atoms with Crippen LogP contribution in [0.1, 0.15) is 18.2 Å². The molecule has 1 N–H and O–H groups in total. The number of fused-ring (bicyclic) bond motifs is 1. The van der Waals surface area contributed by atoms with E-state index in [1.807, 2.05) is 54.9 Å². The molecule has 3 aromatic rings. The Morgan fingerprint density at radius 2 is 2.00 bits per heavy atom. The average molecular weight is 433 g/mol. The summed E-state index contributed by atoms with van der Waals surface area (Å²) < 4.78 is 18.9. The topological polar surface area (TPSA) is 64.4 Å². The van der Waals surface area contributed by atoms with Crippen LogP contribution in [-0.2, 0) is 31.3 Å². The number of nitrogens with one attached hydrogen (secondary N) is 1. The number of carbonyl (C=O) groups excluding carboxylic acids is 1. The SMILES string of the molecule is CCOC(=O)C[n+]1cccc(C2(c3cc4ccccc4[nH]3)OCCO2)c1.[Br-]. The number of halogens is 1. The molecule has 3 heterocycles. The lowest BCUT2D eigenvalue weighted by molar-refractivity contribution is -0.686. The number of esters is 1. The first-order valence-corrected chi connectivity index (χ1v) is 8.72. The summed E-state index contributed by atoms with van der Waals surface area (Å²) in [5.41, 5.74) is 2.69. The van der Waals surface area contributed by atoms with Gasteiger partial charge < -0.3 is 36.2 Å². The van der Waals surface area contributed by atoms with Crippen LogP contribution in [0.5, 0.6) is 0 Å². The van der Waals surface area contributed by atoms with Crippen LogP contribution >= 0.6 is 0 Å². The van der Waals surface area contributed by atoms with Crippen molar-refractivity contribution < 1.29 is 40.6 Å². The van der Waals surface area contributed by atoms with Gasteiger partial charge in [0.1, 0.15) is 0 Å². The first kappa shape index (κ1) is 19.5. The van der Waals surface area contributed by atoms with Crippen molar-refractivity contribution >= 4 is 16.9 Å². The molecule has 142 valence electrons. The van der Waals surface area contributed by atoms with E-state index in [-0.39, 0.29) is 29.5 Å². The van der Waals surface area contributed by atoms with E-state index in [9.17, 15) is 4.79 Å². The predicted octanol–water partition coefficient (Wildman–Crippen LogP) is -0.730. The summed E-state index contributed by atoms with van der Waals surface area (Å²) in [6.45, 7) is 3.31. The van der Waals surface area contributed by atoms with E-state index in [0.29, 0.717) is 19.8 Å². The van der Waals surface area contributed by atoms with Crippen LogP contribution in [0.2, 0.25) is 0 Å². The Morgan fingerprint density at radius 3 is 2.74 bits per heavy atom. The number of aromatic amines is 1. The molecule has 1 aromatic carbocycles. The highest BCUT2D eigenvalue weighted by Gasteiger charge is 2.43. The molecule has 1 aliphatic heterocycles. The lowest BCUT2D eigenvalue weighted by atomic mass is 10.0. The van der Waals surface area contributed by atoms with Crippen LogP contribution in [0.4, 0.5) is 0 Å². The lowest BCUT2D eigenvalue weighted by Crippen LogP contribution is -3.00. The fourth-order valence-electron chi connectivity index (χ4n) is 3.31. The summed E-state index contributed by atoms with van der Waals surface area (Å²) in [4.78, 5) is 15.2. The second-order valence-corrected chi connectivity index (χ2v) is 6.15. The molecule has 27 heavy (non-hydrogen) atoms. The second-order valence-electron chi connectivity index (χ2n) is 6.15. The first-order chi connectivity index (χ1) is 12.7. The molecule has 0 saturated carbocycles. The van der Waals surface area contributed by atoms with Crippen LogP contribution in [0.25, 0.3) is 10.9 Å². The maximum absolute atomic E-state index is 11.8. The van der Waals surface area contributed by atoms with Gasteiger partial charge in [0.2, 0.25) is 12.3 Å². The van der Waals surface area contributed by atoms with E-state index >= 15 is 0 Å². The summed E-state index contributed by atoms with van der Waals surface area (Å²) in [5.74, 6) is -1.28. The van der Waals surface area contributed by atoms with E-state index in [4.69, 9.17) is 14.2 Å². The Kier molecular flexibility index (Phi) is 5.94. The number of benzene rings is 1. The molecular weight excluding hydrogens is 412 g/mol. The quantitative estimate of drug-likeness (QED) is 0.426. The van der Waals surface area contributed by atoms with E-state index < -0.39 is 5.79 Å². The Labute approximate surface area is 167 Å². The van der Waals surface area contributed by atoms with E-state index in [0.717, 1.165) is 22.2 Å². The third kappa shape index (κ3) is 3.76. The van der Waals surface area contributed by atoms with Crippen LogP contribution in [0.3, 0.4) is 0 Å². The summed E-state index contributed by atoms with van der Waals surface area (Å²) >= 11 is 0. The molecule has 1 fully saturated rings. The number of ether oxygens (including phenoxy) is 3. The zero-order valence-electron chi connectivity index (χ0n) is 15.0. The van der Waals surface area contributed by atoms with E-state index in [1.165, 1.54) is 0 Å². The van der Waals surface area contributed by atoms with Crippen molar-refractivity contribution in [1.82, 2.24) is 4.98 Å². The Hall–Kier alpha value is -2.22. The van der Waals surface area contributed by atoms with Gasteiger partial charge in [-0.3, -0.25) is 0 Å². The molecule has 1 aliphatic rings. The fraction of sp³-hybridized carbons (Fsp3) is 0.300. The number of para-hydroxylation sites is 1. The average Bonchev–Trinajstić information content (AvgIpc) is 3.30. The number of hydrogen-bond donors (Lipinski definition) is 1. The number of carbonyl (C=O) groups is 1. The first-order valence-electron chi connectivity index (χ1n) is 8.72. The normalized spacial score (nSPS) is 15.4. The minimum absolute atomic E-state index is 0. The zero-order chi connectivity index (χ0) is 18.0. The molecule has 0 aliphatic carbocycles. The third-order valence-corrected chi connectivity index (χ3v) is 4.43. The molecule has 0 bridgehead atoms. The molecule has 7 heteroatoms. The van der Waals surface area contributed by atoms with Crippen molar-refractivity contribution in [3.05, 3.63) is 66.1 Å². The lowest BCUT2D eigenvalue weighted by Gasteiger charge is -2.25. The van der Waals surface area contributed by atoms with Crippen molar-refractivity contribution in [2.45, 2.75) is 19.3 Å². The second kappa shape index (κ2) is 8.21. The van der Waals surface area contributed by atoms with Crippen molar-refractivity contribution in [2.75, 3.05) is 19.8 Å². The van der Waals surface area contributed by atoms with Gasteiger partial charge >= 0.3 is 5.97 Å². The monoisotopic (exact) mass is 432 g/mol. The molecule has 0 unspecified atom stereocenters. The molecule has 0 atom stereocenters. The largest absolute Gasteiger partial charge is 1.00 e. The molecule has 0 spiro atoms. The van der Waals surface area contributed by atoms with Gasteiger partial charge in [-0.15, -0.1) is 0 Å². The van der Waals surface area contributed by atoms with Gasteiger partial charge in [-0.05, 0) is 30.5 Å². The minimum atomic E-state index is -1.00. The predicted molar refractivity (Wildman–Crippen MR) is 94.3 cm³/mol. The Morgan fingerprint density at radius 1 is 1.22 bits per heavy atom. The number of nitrogens with zero attached hydrogens (tertiary/aromatic N) is 1. The van der Waals surface area contributed by atoms with Gasteiger partial charge in [-0.1, -0.05) is 18.2 Å². The maximum Gasteiger partial charge on any atom is 0.372 e. The zero-order valence-corrected chi connectivity index (χ0v) is 16.6. The van der Waals surface area contributed by atoms with Crippen LogP contribution in [-0.4, -0.2) is 30.8 Å². The summed E-state index contributed by atoms with van der Waals surface area (Å²) in [6.07, 6.45) is 3.70. The Balaban J connectivity index is 0.00000210. The van der Waals surface area contributed by atoms with Crippen molar-refractivity contribution in [2.24, 2.45) is 0 Å². The smallest absolute Gasteiger partial charge is 0.372 e. The van der Waals surface area contributed by atoms with E-state index in [2.05, 4.69) is 4.98 Å². The number of aromatic nitrogens is 2.